The normalized spacial score (nSPS) is 17.0. The van der Waals surface area contributed by atoms with Crippen LogP contribution in [0.4, 0.5) is 0 Å². The third-order valence-corrected chi connectivity index (χ3v) is 4.21. The van der Waals surface area contributed by atoms with Crippen molar-refractivity contribution >= 4 is 34.9 Å². The Balaban J connectivity index is 2.04. The molecule has 1 fully saturated rings. The van der Waals surface area contributed by atoms with Crippen molar-refractivity contribution in [1.29, 1.82) is 0 Å². The molecule has 0 radical (unpaired) electrons. The van der Waals surface area contributed by atoms with Gasteiger partial charge in [-0.05, 0) is 49.2 Å². The Morgan fingerprint density at radius 1 is 1.35 bits per heavy atom. The molecule has 1 heterocycles. The fourth-order valence-electron chi connectivity index (χ4n) is 2.76. The van der Waals surface area contributed by atoms with Crippen LogP contribution in [0.1, 0.15) is 25.7 Å². The number of nitrogens with zero attached hydrogens (tertiary/aromatic N) is 1. The van der Waals surface area contributed by atoms with Gasteiger partial charge in [-0.3, -0.25) is 0 Å². The first-order chi connectivity index (χ1) is 8.24. The van der Waals surface area contributed by atoms with E-state index < -0.39 is 0 Å². The van der Waals surface area contributed by atoms with Gasteiger partial charge in [-0.25, -0.2) is 0 Å². The number of rotatable bonds is 2. The van der Waals surface area contributed by atoms with Crippen molar-refractivity contribution in [3.8, 4) is 0 Å². The van der Waals surface area contributed by atoms with E-state index in [1.165, 1.54) is 25.7 Å². The lowest BCUT2D eigenvalue weighted by atomic mass is 10.1. The van der Waals surface area contributed by atoms with E-state index in [1.807, 2.05) is 18.2 Å². The monoisotopic (exact) mass is 266 g/mol. The number of imidazole rings is 1. The summed E-state index contributed by atoms with van der Waals surface area (Å²) in [4.78, 5) is 3.25. The van der Waals surface area contributed by atoms with Crippen molar-refractivity contribution in [2.24, 2.45) is 5.92 Å². The van der Waals surface area contributed by atoms with Crippen molar-refractivity contribution in [2.75, 3.05) is 0 Å². The van der Waals surface area contributed by atoms with E-state index >= 15 is 0 Å². The zero-order valence-electron chi connectivity index (χ0n) is 9.58. The summed E-state index contributed by atoms with van der Waals surface area (Å²) in [5.74, 6) is 0.777. The van der Waals surface area contributed by atoms with Crippen LogP contribution < -0.4 is 0 Å². The van der Waals surface area contributed by atoms with Gasteiger partial charge in [-0.1, -0.05) is 24.4 Å². The largest absolute Gasteiger partial charge is 0.331 e. The van der Waals surface area contributed by atoms with Crippen LogP contribution in [0, 0.1) is 10.7 Å². The average molecular weight is 267 g/mol. The molecule has 4 heteroatoms. The lowest BCUT2D eigenvalue weighted by Gasteiger charge is -2.10. The lowest BCUT2D eigenvalue weighted by Crippen LogP contribution is -2.07. The fraction of sp³-hybridized carbons (Fsp3) is 0.462. The molecule has 0 saturated heterocycles. The number of nitrogens with one attached hydrogen (secondary N) is 1. The average Bonchev–Trinajstić information content (AvgIpc) is 2.90. The minimum atomic E-state index is 0.770. The van der Waals surface area contributed by atoms with Gasteiger partial charge in [0.05, 0.1) is 11.0 Å². The van der Waals surface area contributed by atoms with Crippen LogP contribution in [0.2, 0.25) is 5.02 Å². The number of halogens is 1. The number of aromatic nitrogens is 2. The van der Waals surface area contributed by atoms with Crippen molar-refractivity contribution in [3.05, 3.63) is 28.0 Å². The molecule has 1 aliphatic carbocycles. The standard InChI is InChI=1S/C13H15ClN2S/c14-10-5-6-11-12(7-10)16(13(17)15-11)8-9-3-1-2-4-9/h5-7,9H,1-4,8H2,(H,15,17). The van der Waals surface area contributed by atoms with E-state index in [2.05, 4.69) is 9.55 Å². The zero-order chi connectivity index (χ0) is 11.8. The number of H-pyrrole nitrogens is 1. The van der Waals surface area contributed by atoms with Crippen LogP contribution >= 0.6 is 23.8 Å². The fourth-order valence-corrected chi connectivity index (χ4v) is 3.21. The summed E-state index contributed by atoms with van der Waals surface area (Å²) in [7, 11) is 0. The van der Waals surface area contributed by atoms with Gasteiger partial charge in [0.1, 0.15) is 0 Å². The van der Waals surface area contributed by atoms with Crippen LogP contribution in [0.3, 0.4) is 0 Å². The van der Waals surface area contributed by atoms with Gasteiger partial charge in [0.2, 0.25) is 0 Å². The zero-order valence-corrected chi connectivity index (χ0v) is 11.2. The van der Waals surface area contributed by atoms with Crippen molar-refractivity contribution in [2.45, 2.75) is 32.2 Å². The van der Waals surface area contributed by atoms with Gasteiger partial charge in [0.25, 0.3) is 0 Å². The first-order valence-corrected chi connectivity index (χ1v) is 6.91. The number of hydrogen-bond donors (Lipinski definition) is 1. The first-order valence-electron chi connectivity index (χ1n) is 6.12. The molecule has 1 saturated carbocycles. The van der Waals surface area contributed by atoms with Gasteiger partial charge in [0, 0.05) is 11.6 Å². The lowest BCUT2D eigenvalue weighted by molar-refractivity contribution is 0.461. The van der Waals surface area contributed by atoms with Crippen LogP contribution in [0.25, 0.3) is 11.0 Å². The second-order valence-electron chi connectivity index (χ2n) is 4.85. The van der Waals surface area contributed by atoms with Gasteiger partial charge in [0.15, 0.2) is 4.77 Å². The van der Waals surface area contributed by atoms with Crippen LogP contribution in [0.15, 0.2) is 18.2 Å². The smallest absolute Gasteiger partial charge is 0.178 e. The number of aromatic amines is 1. The summed E-state index contributed by atoms with van der Waals surface area (Å²) in [6.07, 6.45) is 5.38. The van der Waals surface area contributed by atoms with Crippen molar-refractivity contribution in [3.63, 3.8) is 0 Å². The van der Waals surface area contributed by atoms with E-state index in [-0.39, 0.29) is 0 Å². The molecule has 1 aromatic heterocycles. The molecule has 0 unspecified atom stereocenters. The maximum atomic E-state index is 6.06. The van der Waals surface area contributed by atoms with E-state index in [9.17, 15) is 0 Å². The summed E-state index contributed by atoms with van der Waals surface area (Å²) in [6, 6.07) is 5.89. The maximum Gasteiger partial charge on any atom is 0.178 e. The molecule has 1 N–H and O–H groups in total. The molecule has 2 aromatic rings. The van der Waals surface area contributed by atoms with Gasteiger partial charge in [-0.2, -0.15) is 0 Å². The van der Waals surface area contributed by atoms with Gasteiger partial charge >= 0.3 is 0 Å². The van der Waals surface area contributed by atoms with Gasteiger partial charge < -0.3 is 9.55 Å². The van der Waals surface area contributed by atoms with E-state index in [1.54, 1.807) is 0 Å². The molecule has 90 valence electrons. The van der Waals surface area contributed by atoms with Crippen molar-refractivity contribution in [1.82, 2.24) is 9.55 Å². The predicted octanol–water partition coefficient (Wildman–Crippen LogP) is 4.54. The molecule has 17 heavy (non-hydrogen) atoms. The molecular weight excluding hydrogens is 252 g/mol. The van der Waals surface area contributed by atoms with E-state index in [4.69, 9.17) is 23.8 Å². The maximum absolute atomic E-state index is 6.06. The Bertz CT molecular complexity index is 593. The summed E-state index contributed by atoms with van der Waals surface area (Å²) in [6.45, 7) is 1.03. The Labute approximate surface area is 111 Å². The molecule has 0 bridgehead atoms. The predicted molar refractivity (Wildman–Crippen MR) is 74.1 cm³/mol. The van der Waals surface area contributed by atoms with Crippen LogP contribution in [-0.4, -0.2) is 9.55 Å². The minimum Gasteiger partial charge on any atom is -0.331 e. The summed E-state index contributed by atoms with van der Waals surface area (Å²) < 4.78 is 3.01. The molecule has 3 rings (SSSR count). The second kappa shape index (κ2) is 4.46. The summed E-state index contributed by atoms with van der Waals surface area (Å²) in [5.41, 5.74) is 2.21. The minimum absolute atomic E-state index is 0.770. The van der Waals surface area contributed by atoms with Crippen molar-refractivity contribution < 1.29 is 0 Å². The van der Waals surface area contributed by atoms with Crippen LogP contribution in [0.5, 0.6) is 0 Å². The third-order valence-electron chi connectivity index (χ3n) is 3.65. The Hall–Kier alpha value is -0.800. The third kappa shape index (κ3) is 2.14. The topological polar surface area (TPSA) is 20.7 Å². The highest BCUT2D eigenvalue weighted by atomic mass is 35.5. The highest BCUT2D eigenvalue weighted by Gasteiger charge is 2.17. The molecule has 1 aromatic carbocycles. The first kappa shape index (κ1) is 11.3. The van der Waals surface area contributed by atoms with Gasteiger partial charge in [-0.15, -0.1) is 0 Å². The number of benzene rings is 1. The van der Waals surface area contributed by atoms with Crippen LogP contribution in [-0.2, 0) is 6.54 Å². The summed E-state index contributed by atoms with van der Waals surface area (Å²) >= 11 is 11.5. The molecular formula is C13H15ClN2S. The Morgan fingerprint density at radius 2 is 2.12 bits per heavy atom. The highest BCUT2D eigenvalue weighted by molar-refractivity contribution is 7.71. The number of fused-ring (bicyclic) bond motifs is 1. The molecule has 0 atom stereocenters. The Morgan fingerprint density at radius 3 is 2.88 bits per heavy atom. The Kier molecular flexibility index (Phi) is 2.97. The summed E-state index contributed by atoms with van der Waals surface area (Å²) in [5, 5.41) is 0.770. The molecule has 0 amide bonds. The van der Waals surface area contributed by atoms with E-state index in [0.717, 1.165) is 33.3 Å². The second-order valence-corrected chi connectivity index (χ2v) is 5.68. The quantitative estimate of drug-likeness (QED) is 0.792. The van der Waals surface area contributed by atoms with E-state index in [0.29, 0.717) is 0 Å². The number of hydrogen-bond acceptors (Lipinski definition) is 1. The molecule has 1 aliphatic rings. The molecule has 0 spiro atoms. The molecule has 0 aliphatic heterocycles. The highest BCUT2D eigenvalue weighted by Crippen LogP contribution is 2.28. The molecule has 2 nitrogen and oxygen atoms in total. The SMILES string of the molecule is S=c1[nH]c2ccc(Cl)cc2n1CC1CCCC1.